The van der Waals surface area contributed by atoms with E-state index in [4.69, 9.17) is 0 Å². The Kier molecular flexibility index (Phi) is 2.98. The molecule has 0 saturated carbocycles. The fourth-order valence-corrected chi connectivity index (χ4v) is 2.97. The molecule has 0 fully saturated rings. The lowest BCUT2D eigenvalue weighted by molar-refractivity contribution is 0.0996. The van der Waals surface area contributed by atoms with Gasteiger partial charge in [-0.15, -0.1) is 11.3 Å². The molecular formula is C11H11NOS2. The maximum atomic E-state index is 11.9. The highest BCUT2D eigenvalue weighted by atomic mass is 32.1. The molecule has 0 atom stereocenters. The van der Waals surface area contributed by atoms with Crippen molar-refractivity contribution < 1.29 is 4.79 Å². The second kappa shape index (κ2) is 4.24. The van der Waals surface area contributed by atoms with Gasteiger partial charge in [0.05, 0.1) is 15.6 Å². The highest BCUT2D eigenvalue weighted by molar-refractivity contribution is 7.13. The van der Waals surface area contributed by atoms with Crippen molar-refractivity contribution in [3.63, 3.8) is 0 Å². The quantitative estimate of drug-likeness (QED) is 0.767. The molecule has 0 unspecified atom stereocenters. The van der Waals surface area contributed by atoms with E-state index >= 15 is 0 Å². The van der Waals surface area contributed by atoms with Crippen LogP contribution in [0.5, 0.6) is 0 Å². The number of Topliss-reactive ketones (excluding diaryl/α,β-unsaturated/α-hetero) is 1. The number of nitrogens with zero attached hydrogens (tertiary/aromatic N) is 1. The highest BCUT2D eigenvalue weighted by Crippen LogP contribution is 2.20. The Labute approximate surface area is 96.6 Å². The summed E-state index contributed by atoms with van der Waals surface area (Å²) in [7, 11) is 0. The molecule has 0 aliphatic carbocycles. The SMILES string of the molecule is Cc1nc(C)c(C(=O)Cc2ccsc2)s1. The van der Waals surface area contributed by atoms with Crippen molar-refractivity contribution in [1.29, 1.82) is 0 Å². The van der Waals surface area contributed by atoms with Crippen molar-refractivity contribution in [2.24, 2.45) is 0 Å². The van der Waals surface area contributed by atoms with Crippen LogP contribution in [-0.4, -0.2) is 10.8 Å². The van der Waals surface area contributed by atoms with Crippen LogP contribution in [-0.2, 0) is 6.42 Å². The monoisotopic (exact) mass is 237 g/mol. The van der Waals surface area contributed by atoms with E-state index in [0.717, 1.165) is 21.1 Å². The molecule has 2 rings (SSSR count). The summed E-state index contributed by atoms with van der Waals surface area (Å²) in [5.74, 6) is 0.177. The van der Waals surface area contributed by atoms with E-state index in [0.29, 0.717) is 6.42 Å². The van der Waals surface area contributed by atoms with Crippen LogP contribution in [0.3, 0.4) is 0 Å². The van der Waals surface area contributed by atoms with Crippen molar-refractivity contribution in [2.75, 3.05) is 0 Å². The molecule has 2 aromatic heterocycles. The number of aryl methyl sites for hydroxylation is 2. The minimum Gasteiger partial charge on any atom is -0.293 e. The highest BCUT2D eigenvalue weighted by Gasteiger charge is 2.14. The van der Waals surface area contributed by atoms with Crippen molar-refractivity contribution in [3.05, 3.63) is 38.0 Å². The lowest BCUT2D eigenvalue weighted by Crippen LogP contribution is -2.01. The second-order valence-electron chi connectivity index (χ2n) is 3.38. The second-order valence-corrected chi connectivity index (χ2v) is 5.36. The average Bonchev–Trinajstić information content (AvgIpc) is 2.75. The van der Waals surface area contributed by atoms with Gasteiger partial charge in [0.1, 0.15) is 0 Å². The van der Waals surface area contributed by atoms with Gasteiger partial charge in [-0.1, -0.05) is 0 Å². The number of carbonyl (C=O) groups is 1. The Hall–Kier alpha value is -1.00. The summed E-state index contributed by atoms with van der Waals surface area (Å²) < 4.78 is 0. The van der Waals surface area contributed by atoms with E-state index in [2.05, 4.69) is 4.98 Å². The third kappa shape index (κ3) is 2.33. The number of carbonyl (C=O) groups excluding carboxylic acids is 1. The van der Waals surface area contributed by atoms with E-state index in [1.165, 1.54) is 11.3 Å². The van der Waals surface area contributed by atoms with Gasteiger partial charge in [0.2, 0.25) is 0 Å². The van der Waals surface area contributed by atoms with Crippen LogP contribution in [0.1, 0.15) is 25.9 Å². The van der Waals surface area contributed by atoms with Crippen LogP contribution < -0.4 is 0 Å². The first-order valence-corrected chi connectivity index (χ1v) is 6.41. The molecule has 2 aromatic rings. The molecule has 0 radical (unpaired) electrons. The molecule has 0 amide bonds. The molecule has 0 aliphatic rings. The molecule has 0 saturated heterocycles. The molecule has 2 heterocycles. The van der Waals surface area contributed by atoms with Crippen LogP contribution in [0.25, 0.3) is 0 Å². The van der Waals surface area contributed by atoms with Crippen molar-refractivity contribution >= 4 is 28.5 Å². The number of hydrogen-bond acceptors (Lipinski definition) is 4. The molecule has 78 valence electrons. The first kappa shape index (κ1) is 10.5. The van der Waals surface area contributed by atoms with Crippen LogP contribution in [0, 0.1) is 13.8 Å². The first-order chi connectivity index (χ1) is 7.16. The molecular weight excluding hydrogens is 226 g/mol. The maximum absolute atomic E-state index is 11.9. The predicted octanol–water partition coefficient (Wildman–Crippen LogP) is 3.25. The molecule has 15 heavy (non-hydrogen) atoms. The summed E-state index contributed by atoms with van der Waals surface area (Å²) in [5, 5.41) is 4.97. The Morgan fingerprint density at radius 1 is 1.47 bits per heavy atom. The summed E-state index contributed by atoms with van der Waals surface area (Å²) in [6.07, 6.45) is 0.492. The Bertz CT molecular complexity index is 471. The minimum absolute atomic E-state index is 0.177. The standard InChI is InChI=1S/C11H11NOS2/c1-7-11(15-8(2)12-7)10(13)5-9-3-4-14-6-9/h3-4,6H,5H2,1-2H3. The van der Waals surface area contributed by atoms with Gasteiger partial charge in [0.15, 0.2) is 5.78 Å². The molecule has 0 aromatic carbocycles. The number of thiophene rings is 1. The molecule has 4 heteroatoms. The number of ketones is 1. The summed E-state index contributed by atoms with van der Waals surface area (Å²) in [6.45, 7) is 3.82. The fourth-order valence-electron chi connectivity index (χ4n) is 1.45. The van der Waals surface area contributed by atoms with Crippen LogP contribution >= 0.6 is 22.7 Å². The van der Waals surface area contributed by atoms with Gasteiger partial charge in [-0.2, -0.15) is 11.3 Å². The third-order valence-corrected chi connectivity index (χ3v) is 3.95. The zero-order valence-corrected chi connectivity index (χ0v) is 10.2. The van der Waals surface area contributed by atoms with Crippen molar-refractivity contribution in [3.8, 4) is 0 Å². The summed E-state index contributed by atoms with van der Waals surface area (Å²) >= 11 is 3.11. The zero-order valence-electron chi connectivity index (χ0n) is 8.61. The van der Waals surface area contributed by atoms with Crippen molar-refractivity contribution in [1.82, 2.24) is 4.98 Å². The van der Waals surface area contributed by atoms with E-state index in [1.807, 2.05) is 30.7 Å². The van der Waals surface area contributed by atoms with E-state index in [1.54, 1.807) is 11.3 Å². The largest absolute Gasteiger partial charge is 0.293 e. The van der Waals surface area contributed by atoms with Gasteiger partial charge < -0.3 is 0 Å². The lowest BCUT2D eigenvalue weighted by atomic mass is 10.1. The van der Waals surface area contributed by atoms with Crippen LogP contribution in [0.2, 0.25) is 0 Å². The minimum atomic E-state index is 0.177. The number of thiazole rings is 1. The van der Waals surface area contributed by atoms with E-state index in [9.17, 15) is 4.79 Å². The van der Waals surface area contributed by atoms with Gasteiger partial charge >= 0.3 is 0 Å². The van der Waals surface area contributed by atoms with Crippen molar-refractivity contribution in [2.45, 2.75) is 20.3 Å². The number of aromatic nitrogens is 1. The van der Waals surface area contributed by atoms with Gasteiger partial charge in [0.25, 0.3) is 0 Å². The third-order valence-electron chi connectivity index (χ3n) is 2.10. The molecule has 2 nitrogen and oxygen atoms in total. The predicted molar refractivity (Wildman–Crippen MR) is 63.9 cm³/mol. The Morgan fingerprint density at radius 3 is 2.80 bits per heavy atom. The topological polar surface area (TPSA) is 30.0 Å². The number of rotatable bonds is 3. The van der Waals surface area contributed by atoms with E-state index in [-0.39, 0.29) is 5.78 Å². The van der Waals surface area contributed by atoms with Gasteiger partial charge in [-0.05, 0) is 36.2 Å². The zero-order chi connectivity index (χ0) is 10.8. The molecule has 0 bridgehead atoms. The summed E-state index contributed by atoms with van der Waals surface area (Å²) in [6, 6.07) is 1.99. The number of hydrogen-bond donors (Lipinski definition) is 0. The molecule has 0 N–H and O–H groups in total. The fraction of sp³-hybridized carbons (Fsp3) is 0.273. The van der Waals surface area contributed by atoms with E-state index < -0.39 is 0 Å². The summed E-state index contributed by atoms with van der Waals surface area (Å²) in [5.41, 5.74) is 1.95. The smallest absolute Gasteiger partial charge is 0.179 e. The first-order valence-electron chi connectivity index (χ1n) is 4.65. The normalized spacial score (nSPS) is 10.5. The Morgan fingerprint density at radius 2 is 2.27 bits per heavy atom. The summed E-state index contributed by atoms with van der Waals surface area (Å²) in [4.78, 5) is 17.0. The van der Waals surface area contributed by atoms with Crippen LogP contribution in [0.4, 0.5) is 0 Å². The Balaban J connectivity index is 2.18. The van der Waals surface area contributed by atoms with Gasteiger partial charge in [0, 0.05) is 6.42 Å². The molecule has 0 aliphatic heterocycles. The maximum Gasteiger partial charge on any atom is 0.179 e. The van der Waals surface area contributed by atoms with Gasteiger partial charge in [-0.25, -0.2) is 4.98 Å². The molecule has 0 spiro atoms. The van der Waals surface area contributed by atoms with Gasteiger partial charge in [-0.3, -0.25) is 4.79 Å². The average molecular weight is 237 g/mol. The van der Waals surface area contributed by atoms with Crippen LogP contribution in [0.15, 0.2) is 16.8 Å². The lowest BCUT2D eigenvalue weighted by Gasteiger charge is -1.95.